The summed E-state index contributed by atoms with van der Waals surface area (Å²) in [7, 11) is 0. The molecule has 1 heterocycles. The number of aromatic nitrogens is 2. The lowest BCUT2D eigenvalue weighted by molar-refractivity contribution is 0.750. The molecule has 1 aromatic heterocycles. The average Bonchev–Trinajstić information content (AvgIpc) is 2.61. The van der Waals surface area contributed by atoms with Crippen LogP contribution in [-0.2, 0) is 0 Å². The highest BCUT2D eigenvalue weighted by Gasteiger charge is 2.15. The quantitative estimate of drug-likeness (QED) is 0.718. The lowest BCUT2D eigenvalue weighted by atomic mass is 10.2. The van der Waals surface area contributed by atoms with E-state index in [1.807, 2.05) is 0 Å². The fraction of sp³-hybridized carbons (Fsp3) is 0.556. The Labute approximate surface area is 77.6 Å². The van der Waals surface area contributed by atoms with Gasteiger partial charge in [-0.1, -0.05) is 12.8 Å². The van der Waals surface area contributed by atoms with Gasteiger partial charge in [0, 0.05) is 18.4 Å². The minimum absolute atomic E-state index is 0.495. The molecule has 1 aliphatic rings. The summed E-state index contributed by atoms with van der Waals surface area (Å²) in [5.41, 5.74) is 5.66. The van der Waals surface area contributed by atoms with E-state index in [1.165, 1.54) is 25.7 Å². The molecule has 1 fully saturated rings. The first-order chi connectivity index (χ1) is 6.36. The van der Waals surface area contributed by atoms with Crippen LogP contribution >= 0.6 is 0 Å². The molecular formula is C9H14N4. The third kappa shape index (κ3) is 1.88. The van der Waals surface area contributed by atoms with E-state index >= 15 is 0 Å². The van der Waals surface area contributed by atoms with Crippen molar-refractivity contribution in [3.63, 3.8) is 0 Å². The average molecular weight is 178 g/mol. The Kier molecular flexibility index (Phi) is 2.29. The molecule has 4 nitrogen and oxygen atoms in total. The lowest BCUT2D eigenvalue weighted by Gasteiger charge is -2.12. The third-order valence-electron chi connectivity index (χ3n) is 2.42. The SMILES string of the molecule is Nc1nccnc1NC1CCCC1. The number of rotatable bonds is 2. The molecule has 0 amide bonds. The van der Waals surface area contributed by atoms with Gasteiger partial charge in [-0.2, -0.15) is 0 Å². The van der Waals surface area contributed by atoms with Gasteiger partial charge in [-0.25, -0.2) is 9.97 Å². The van der Waals surface area contributed by atoms with Crippen LogP contribution in [0.2, 0.25) is 0 Å². The standard InChI is InChI=1S/C9H14N4/c10-8-9(12-6-5-11-8)13-7-3-1-2-4-7/h5-7H,1-4H2,(H2,10,11)(H,12,13). The van der Waals surface area contributed by atoms with Crippen molar-refractivity contribution in [3.05, 3.63) is 12.4 Å². The van der Waals surface area contributed by atoms with Crippen LogP contribution in [0.1, 0.15) is 25.7 Å². The Bertz CT molecular complexity index is 281. The maximum absolute atomic E-state index is 5.66. The molecule has 1 aliphatic carbocycles. The second kappa shape index (κ2) is 3.60. The van der Waals surface area contributed by atoms with Gasteiger partial charge in [0.15, 0.2) is 11.6 Å². The fourth-order valence-electron chi connectivity index (χ4n) is 1.72. The first kappa shape index (κ1) is 8.29. The molecule has 0 saturated heterocycles. The van der Waals surface area contributed by atoms with Gasteiger partial charge in [0.25, 0.3) is 0 Å². The molecule has 0 spiro atoms. The predicted molar refractivity (Wildman–Crippen MR) is 52.3 cm³/mol. The third-order valence-corrected chi connectivity index (χ3v) is 2.42. The summed E-state index contributed by atoms with van der Waals surface area (Å²) >= 11 is 0. The first-order valence-corrected chi connectivity index (χ1v) is 4.69. The Morgan fingerprint density at radius 1 is 1.23 bits per heavy atom. The normalized spacial score (nSPS) is 17.5. The van der Waals surface area contributed by atoms with Crippen molar-refractivity contribution in [1.82, 2.24) is 9.97 Å². The van der Waals surface area contributed by atoms with Crippen molar-refractivity contribution in [2.24, 2.45) is 0 Å². The fourth-order valence-corrected chi connectivity index (χ4v) is 1.72. The summed E-state index contributed by atoms with van der Waals surface area (Å²) in [5.74, 6) is 1.23. The number of hydrogen-bond donors (Lipinski definition) is 2. The van der Waals surface area contributed by atoms with Crippen molar-refractivity contribution in [2.75, 3.05) is 11.1 Å². The molecule has 70 valence electrons. The molecular weight excluding hydrogens is 164 g/mol. The number of anilines is 2. The number of nitrogens with two attached hydrogens (primary N) is 1. The molecule has 2 rings (SSSR count). The van der Waals surface area contributed by atoms with Crippen molar-refractivity contribution in [1.29, 1.82) is 0 Å². The minimum Gasteiger partial charge on any atom is -0.381 e. The molecule has 0 aliphatic heterocycles. The van der Waals surface area contributed by atoms with E-state index in [2.05, 4.69) is 15.3 Å². The van der Waals surface area contributed by atoms with Gasteiger partial charge in [0.2, 0.25) is 0 Å². The second-order valence-corrected chi connectivity index (χ2v) is 3.42. The van der Waals surface area contributed by atoms with E-state index in [9.17, 15) is 0 Å². The largest absolute Gasteiger partial charge is 0.381 e. The molecule has 13 heavy (non-hydrogen) atoms. The van der Waals surface area contributed by atoms with Crippen molar-refractivity contribution in [2.45, 2.75) is 31.7 Å². The van der Waals surface area contributed by atoms with Crippen LogP contribution in [0.3, 0.4) is 0 Å². The van der Waals surface area contributed by atoms with Crippen LogP contribution in [0.25, 0.3) is 0 Å². The second-order valence-electron chi connectivity index (χ2n) is 3.42. The van der Waals surface area contributed by atoms with Gasteiger partial charge in [-0.15, -0.1) is 0 Å². The maximum atomic E-state index is 5.66. The molecule has 0 unspecified atom stereocenters. The number of nitrogens with zero attached hydrogens (tertiary/aromatic N) is 2. The number of nitrogen functional groups attached to an aromatic ring is 1. The molecule has 1 saturated carbocycles. The number of nitrogens with one attached hydrogen (secondary N) is 1. The van der Waals surface area contributed by atoms with Gasteiger partial charge >= 0.3 is 0 Å². The van der Waals surface area contributed by atoms with Crippen LogP contribution in [0.4, 0.5) is 11.6 Å². The molecule has 0 bridgehead atoms. The van der Waals surface area contributed by atoms with E-state index in [4.69, 9.17) is 5.73 Å². The zero-order valence-corrected chi connectivity index (χ0v) is 7.53. The zero-order valence-electron chi connectivity index (χ0n) is 7.53. The van der Waals surface area contributed by atoms with Crippen LogP contribution in [0.5, 0.6) is 0 Å². The van der Waals surface area contributed by atoms with Crippen molar-refractivity contribution >= 4 is 11.6 Å². The molecule has 0 radical (unpaired) electrons. The lowest BCUT2D eigenvalue weighted by Crippen LogP contribution is -2.17. The Balaban J connectivity index is 2.04. The Morgan fingerprint density at radius 3 is 2.62 bits per heavy atom. The van der Waals surface area contributed by atoms with Crippen LogP contribution < -0.4 is 11.1 Å². The van der Waals surface area contributed by atoms with E-state index in [-0.39, 0.29) is 0 Å². The van der Waals surface area contributed by atoms with Gasteiger partial charge in [-0.3, -0.25) is 0 Å². The topological polar surface area (TPSA) is 63.8 Å². The van der Waals surface area contributed by atoms with Gasteiger partial charge in [-0.05, 0) is 12.8 Å². The van der Waals surface area contributed by atoms with Crippen molar-refractivity contribution < 1.29 is 0 Å². The highest BCUT2D eigenvalue weighted by Crippen LogP contribution is 2.22. The Hall–Kier alpha value is -1.32. The van der Waals surface area contributed by atoms with Crippen LogP contribution in [-0.4, -0.2) is 16.0 Å². The highest BCUT2D eigenvalue weighted by molar-refractivity contribution is 5.55. The zero-order chi connectivity index (χ0) is 9.10. The number of hydrogen-bond acceptors (Lipinski definition) is 4. The molecule has 3 N–H and O–H groups in total. The van der Waals surface area contributed by atoms with E-state index in [0.717, 1.165) is 5.82 Å². The Morgan fingerprint density at radius 2 is 1.92 bits per heavy atom. The van der Waals surface area contributed by atoms with Crippen molar-refractivity contribution in [3.8, 4) is 0 Å². The molecule has 1 aromatic rings. The summed E-state index contributed by atoms with van der Waals surface area (Å²) in [5, 5.41) is 3.31. The summed E-state index contributed by atoms with van der Waals surface area (Å²) in [6, 6.07) is 0.541. The summed E-state index contributed by atoms with van der Waals surface area (Å²) in [4.78, 5) is 8.12. The van der Waals surface area contributed by atoms with Crippen LogP contribution in [0.15, 0.2) is 12.4 Å². The van der Waals surface area contributed by atoms with Gasteiger partial charge in [0.1, 0.15) is 0 Å². The summed E-state index contributed by atoms with van der Waals surface area (Å²) < 4.78 is 0. The van der Waals surface area contributed by atoms with E-state index < -0.39 is 0 Å². The minimum atomic E-state index is 0.495. The highest BCUT2D eigenvalue weighted by atomic mass is 15.1. The molecule has 0 atom stereocenters. The first-order valence-electron chi connectivity index (χ1n) is 4.69. The maximum Gasteiger partial charge on any atom is 0.169 e. The van der Waals surface area contributed by atoms with Crippen LogP contribution in [0, 0.1) is 0 Å². The molecule has 4 heteroatoms. The summed E-state index contributed by atoms with van der Waals surface area (Å²) in [6.45, 7) is 0. The van der Waals surface area contributed by atoms with E-state index in [1.54, 1.807) is 12.4 Å². The van der Waals surface area contributed by atoms with Gasteiger partial charge < -0.3 is 11.1 Å². The molecule has 0 aromatic carbocycles. The smallest absolute Gasteiger partial charge is 0.169 e. The van der Waals surface area contributed by atoms with Gasteiger partial charge in [0.05, 0.1) is 0 Å². The summed E-state index contributed by atoms with van der Waals surface area (Å²) in [6.07, 6.45) is 8.31. The monoisotopic (exact) mass is 178 g/mol. The predicted octanol–water partition coefficient (Wildman–Crippen LogP) is 1.41. The van der Waals surface area contributed by atoms with E-state index in [0.29, 0.717) is 11.9 Å².